The number of piperidine rings is 1. The number of rotatable bonds is 4. The number of hydrogen-bond donors (Lipinski definition) is 2. The predicted octanol–water partition coefficient (Wildman–Crippen LogP) is 1.63. The summed E-state index contributed by atoms with van der Waals surface area (Å²) in [5.41, 5.74) is 2.42. The van der Waals surface area contributed by atoms with Crippen molar-refractivity contribution >= 4 is 5.91 Å². The Labute approximate surface area is 114 Å². The van der Waals surface area contributed by atoms with Crippen LogP contribution in [0.25, 0.3) is 0 Å². The molecule has 0 bridgehead atoms. The molecule has 0 aromatic carbocycles. The van der Waals surface area contributed by atoms with Crippen LogP contribution in [0.4, 0.5) is 0 Å². The Balaban J connectivity index is 2.20. The van der Waals surface area contributed by atoms with E-state index in [1.165, 1.54) is 0 Å². The van der Waals surface area contributed by atoms with Gasteiger partial charge in [-0.1, -0.05) is 6.92 Å². The second kappa shape index (κ2) is 6.19. The highest BCUT2D eigenvalue weighted by Gasteiger charge is 2.28. The molecular weight excluding hydrogens is 240 g/mol. The molecule has 0 aliphatic carbocycles. The van der Waals surface area contributed by atoms with Crippen LogP contribution in [0.3, 0.4) is 0 Å². The average Bonchev–Trinajstić information content (AvgIpc) is 2.76. The minimum absolute atomic E-state index is 0.124. The van der Waals surface area contributed by atoms with Gasteiger partial charge in [0, 0.05) is 24.8 Å². The number of hydrogen-bond acceptors (Lipinski definition) is 3. The van der Waals surface area contributed by atoms with Crippen molar-refractivity contribution in [3.05, 3.63) is 17.0 Å². The fourth-order valence-electron chi connectivity index (χ4n) is 2.80. The lowest BCUT2D eigenvalue weighted by atomic mass is 10.0. The van der Waals surface area contributed by atoms with E-state index in [0.717, 1.165) is 55.8 Å². The van der Waals surface area contributed by atoms with E-state index in [1.807, 2.05) is 18.7 Å². The minimum Gasteiger partial charge on any atom is -0.334 e. The molecule has 2 rings (SSSR count). The quantitative estimate of drug-likeness (QED) is 0.869. The first-order valence-electron chi connectivity index (χ1n) is 7.18. The molecule has 1 aromatic heterocycles. The largest absolute Gasteiger partial charge is 0.334 e. The maximum atomic E-state index is 12.8. The van der Waals surface area contributed by atoms with Crippen molar-refractivity contribution in [1.29, 1.82) is 0 Å². The van der Waals surface area contributed by atoms with Gasteiger partial charge in [0.25, 0.3) is 5.91 Å². The summed E-state index contributed by atoms with van der Waals surface area (Å²) in [7, 11) is 0. The molecule has 2 N–H and O–H groups in total. The first-order chi connectivity index (χ1) is 9.15. The van der Waals surface area contributed by atoms with Crippen molar-refractivity contribution in [2.45, 2.75) is 46.1 Å². The molecule has 2 heterocycles. The highest BCUT2D eigenvalue weighted by molar-refractivity contribution is 5.96. The van der Waals surface area contributed by atoms with Crippen molar-refractivity contribution < 1.29 is 4.79 Å². The van der Waals surface area contributed by atoms with Gasteiger partial charge in [0.1, 0.15) is 0 Å². The minimum atomic E-state index is 0.124. The number of carbonyl (C=O) groups is 1. The third kappa shape index (κ3) is 2.97. The number of aryl methyl sites for hydroxylation is 2. The molecule has 1 unspecified atom stereocenters. The molecule has 0 spiro atoms. The van der Waals surface area contributed by atoms with Crippen molar-refractivity contribution in [1.82, 2.24) is 20.4 Å². The molecule has 1 amide bonds. The van der Waals surface area contributed by atoms with E-state index in [4.69, 9.17) is 0 Å². The Morgan fingerprint density at radius 1 is 1.47 bits per heavy atom. The molecule has 1 aliphatic rings. The normalized spacial score (nSPS) is 19.4. The maximum absolute atomic E-state index is 12.8. The molecule has 1 aromatic rings. The number of H-pyrrole nitrogens is 1. The van der Waals surface area contributed by atoms with E-state index in [-0.39, 0.29) is 5.91 Å². The summed E-state index contributed by atoms with van der Waals surface area (Å²) in [6, 6.07) is 0.315. The van der Waals surface area contributed by atoms with E-state index < -0.39 is 0 Å². The summed E-state index contributed by atoms with van der Waals surface area (Å²) in [5, 5.41) is 10.4. The van der Waals surface area contributed by atoms with Gasteiger partial charge in [-0.05, 0) is 39.7 Å². The SMILES string of the molecule is CCCN(C(=O)c1c(C)n[nH]c1C)C1CCCNC1. The van der Waals surface area contributed by atoms with Crippen molar-refractivity contribution in [2.24, 2.45) is 0 Å². The standard InChI is InChI=1S/C14H24N4O/c1-4-8-18(12-6-5-7-15-9-12)14(19)13-10(2)16-17-11(13)3/h12,15H,4-9H2,1-3H3,(H,16,17). The van der Waals surface area contributed by atoms with Gasteiger partial charge >= 0.3 is 0 Å². The molecule has 19 heavy (non-hydrogen) atoms. The second-order valence-electron chi connectivity index (χ2n) is 5.31. The zero-order valence-corrected chi connectivity index (χ0v) is 12.1. The lowest BCUT2D eigenvalue weighted by Crippen LogP contribution is -2.49. The van der Waals surface area contributed by atoms with Gasteiger partial charge in [-0.3, -0.25) is 9.89 Å². The number of aromatic amines is 1. The molecule has 0 saturated carbocycles. The van der Waals surface area contributed by atoms with Crippen LogP contribution in [0.2, 0.25) is 0 Å². The second-order valence-corrected chi connectivity index (χ2v) is 5.31. The number of nitrogens with one attached hydrogen (secondary N) is 2. The van der Waals surface area contributed by atoms with Crippen molar-refractivity contribution in [2.75, 3.05) is 19.6 Å². The summed E-state index contributed by atoms with van der Waals surface area (Å²) in [4.78, 5) is 14.8. The lowest BCUT2D eigenvalue weighted by Gasteiger charge is -2.34. The van der Waals surface area contributed by atoms with Crippen LogP contribution in [0.5, 0.6) is 0 Å². The van der Waals surface area contributed by atoms with Gasteiger partial charge in [-0.2, -0.15) is 5.10 Å². The van der Waals surface area contributed by atoms with Gasteiger partial charge in [0.05, 0.1) is 11.3 Å². The highest BCUT2D eigenvalue weighted by atomic mass is 16.2. The van der Waals surface area contributed by atoms with Crippen LogP contribution in [0.1, 0.15) is 47.9 Å². The van der Waals surface area contributed by atoms with Gasteiger partial charge in [0.2, 0.25) is 0 Å². The predicted molar refractivity (Wildman–Crippen MR) is 75.3 cm³/mol. The Morgan fingerprint density at radius 2 is 2.26 bits per heavy atom. The van der Waals surface area contributed by atoms with E-state index in [1.54, 1.807) is 0 Å². The van der Waals surface area contributed by atoms with Gasteiger partial charge in [0.15, 0.2) is 0 Å². The maximum Gasteiger partial charge on any atom is 0.257 e. The Morgan fingerprint density at radius 3 is 2.79 bits per heavy atom. The van der Waals surface area contributed by atoms with Crippen molar-refractivity contribution in [3.8, 4) is 0 Å². The van der Waals surface area contributed by atoms with Crippen LogP contribution in [0, 0.1) is 13.8 Å². The third-order valence-corrected chi connectivity index (χ3v) is 3.78. The van der Waals surface area contributed by atoms with Gasteiger partial charge < -0.3 is 10.2 Å². The van der Waals surface area contributed by atoms with Crippen molar-refractivity contribution in [3.63, 3.8) is 0 Å². The van der Waals surface area contributed by atoms with Gasteiger partial charge in [-0.15, -0.1) is 0 Å². The van der Waals surface area contributed by atoms with Crippen LogP contribution in [-0.4, -0.2) is 46.7 Å². The number of carbonyl (C=O) groups excluding carboxylic acids is 1. The molecule has 1 atom stereocenters. The summed E-state index contributed by atoms with van der Waals surface area (Å²) in [6.45, 7) is 8.70. The Hall–Kier alpha value is -1.36. The summed E-state index contributed by atoms with van der Waals surface area (Å²) in [5.74, 6) is 0.124. The Bertz CT molecular complexity index is 415. The summed E-state index contributed by atoms with van der Waals surface area (Å²) >= 11 is 0. The molecule has 5 nitrogen and oxygen atoms in total. The molecule has 1 aliphatic heterocycles. The third-order valence-electron chi connectivity index (χ3n) is 3.78. The molecule has 106 valence electrons. The topological polar surface area (TPSA) is 61.0 Å². The highest BCUT2D eigenvalue weighted by Crippen LogP contribution is 2.18. The molecular formula is C14H24N4O. The Kier molecular flexibility index (Phi) is 4.58. The zero-order chi connectivity index (χ0) is 13.8. The van der Waals surface area contributed by atoms with Crippen LogP contribution < -0.4 is 5.32 Å². The zero-order valence-electron chi connectivity index (χ0n) is 12.1. The van der Waals surface area contributed by atoms with Crippen LogP contribution >= 0.6 is 0 Å². The van der Waals surface area contributed by atoms with E-state index in [2.05, 4.69) is 22.4 Å². The van der Waals surface area contributed by atoms with Crippen LogP contribution in [-0.2, 0) is 0 Å². The molecule has 0 radical (unpaired) electrons. The molecule has 1 saturated heterocycles. The first-order valence-corrected chi connectivity index (χ1v) is 7.18. The monoisotopic (exact) mass is 264 g/mol. The summed E-state index contributed by atoms with van der Waals surface area (Å²) < 4.78 is 0. The average molecular weight is 264 g/mol. The van der Waals surface area contributed by atoms with Crippen LogP contribution in [0.15, 0.2) is 0 Å². The first kappa shape index (κ1) is 14.1. The lowest BCUT2D eigenvalue weighted by molar-refractivity contribution is 0.0647. The van der Waals surface area contributed by atoms with Gasteiger partial charge in [-0.25, -0.2) is 0 Å². The number of aromatic nitrogens is 2. The van der Waals surface area contributed by atoms with E-state index in [9.17, 15) is 4.79 Å². The fraction of sp³-hybridized carbons (Fsp3) is 0.714. The molecule has 1 fully saturated rings. The molecule has 5 heteroatoms. The van der Waals surface area contributed by atoms with E-state index >= 15 is 0 Å². The fourth-order valence-corrected chi connectivity index (χ4v) is 2.80. The van der Waals surface area contributed by atoms with E-state index in [0.29, 0.717) is 6.04 Å². The number of nitrogens with zero attached hydrogens (tertiary/aromatic N) is 2. The number of amides is 1. The smallest absolute Gasteiger partial charge is 0.257 e. The summed E-state index contributed by atoms with van der Waals surface area (Å²) in [6.07, 6.45) is 3.22.